The van der Waals surface area contributed by atoms with Gasteiger partial charge < -0.3 is 9.47 Å². The highest BCUT2D eigenvalue weighted by molar-refractivity contribution is 7.13. The van der Waals surface area contributed by atoms with Crippen molar-refractivity contribution in [2.75, 3.05) is 31.1 Å². The van der Waals surface area contributed by atoms with Gasteiger partial charge in [-0.25, -0.2) is 4.98 Å². The van der Waals surface area contributed by atoms with E-state index in [2.05, 4.69) is 41.9 Å². The van der Waals surface area contributed by atoms with Crippen LogP contribution < -0.4 is 4.90 Å². The lowest BCUT2D eigenvalue weighted by Gasteiger charge is -2.31. The van der Waals surface area contributed by atoms with Crippen LogP contribution in [0.15, 0.2) is 11.6 Å². The number of nitrogens with zero attached hydrogens (tertiary/aromatic N) is 6. The Kier molecular flexibility index (Phi) is 4.80. The van der Waals surface area contributed by atoms with Crippen LogP contribution in [0.1, 0.15) is 50.2 Å². The topological polar surface area (TPSA) is 50.1 Å². The van der Waals surface area contributed by atoms with E-state index < -0.39 is 0 Å². The van der Waals surface area contributed by atoms with Crippen LogP contribution in [-0.2, 0) is 13.1 Å². The van der Waals surface area contributed by atoms with Gasteiger partial charge in [0.2, 0.25) is 0 Å². The van der Waals surface area contributed by atoms with Crippen LogP contribution in [0.3, 0.4) is 0 Å². The normalized spacial score (nSPS) is 20.1. The number of anilines is 1. The fraction of sp³-hybridized carbons (Fsp3) is 0.706. The molecule has 4 heterocycles. The van der Waals surface area contributed by atoms with E-state index in [0.29, 0.717) is 5.92 Å². The Balaban J connectivity index is 1.43. The molecule has 0 atom stereocenters. The first kappa shape index (κ1) is 16.0. The highest BCUT2D eigenvalue weighted by Crippen LogP contribution is 2.30. The number of hydrogen-bond donors (Lipinski definition) is 0. The molecule has 2 aliphatic heterocycles. The zero-order chi connectivity index (χ0) is 16.4. The minimum Gasteiger partial charge on any atom is -0.348 e. The molecule has 0 saturated carbocycles. The molecule has 2 aromatic heterocycles. The average molecular weight is 347 g/mol. The van der Waals surface area contributed by atoms with Gasteiger partial charge in [0.15, 0.2) is 5.13 Å². The van der Waals surface area contributed by atoms with Crippen LogP contribution in [-0.4, -0.2) is 50.8 Å². The second-order valence-electron chi connectivity index (χ2n) is 6.78. The summed E-state index contributed by atoms with van der Waals surface area (Å²) in [5.41, 5.74) is 0. The number of thiazole rings is 1. The number of aromatic nitrogens is 4. The fourth-order valence-corrected chi connectivity index (χ4v) is 4.65. The largest absolute Gasteiger partial charge is 0.348 e. The summed E-state index contributed by atoms with van der Waals surface area (Å²) in [4.78, 5) is 9.35. The summed E-state index contributed by atoms with van der Waals surface area (Å²) in [5, 5.41) is 12.3. The van der Waals surface area contributed by atoms with E-state index in [1.54, 1.807) is 11.3 Å². The van der Waals surface area contributed by atoms with Crippen LogP contribution in [0.5, 0.6) is 0 Å². The van der Waals surface area contributed by atoms with Crippen molar-refractivity contribution in [2.45, 2.75) is 51.6 Å². The van der Waals surface area contributed by atoms with Crippen molar-refractivity contribution < 1.29 is 0 Å². The highest BCUT2D eigenvalue weighted by atomic mass is 32.1. The standard InChI is InChI=1S/C17H26N6S/c1-2-23-15(13-21-8-3-4-9-21)19-20-16(23)14-5-10-22(11-6-14)17-18-7-12-24-17/h7,12,14H,2-6,8-11,13H2,1H3. The third kappa shape index (κ3) is 3.19. The Bertz CT molecular complexity index is 638. The van der Waals surface area contributed by atoms with Crippen molar-refractivity contribution in [3.8, 4) is 0 Å². The summed E-state index contributed by atoms with van der Waals surface area (Å²) in [6.07, 6.45) is 6.82. The van der Waals surface area contributed by atoms with Crippen molar-refractivity contribution >= 4 is 16.5 Å². The molecule has 2 aliphatic rings. The molecule has 0 aromatic carbocycles. The maximum Gasteiger partial charge on any atom is 0.185 e. The van der Waals surface area contributed by atoms with E-state index in [1.807, 2.05) is 6.20 Å². The maximum atomic E-state index is 4.60. The van der Waals surface area contributed by atoms with Gasteiger partial charge in [-0.3, -0.25) is 4.90 Å². The minimum absolute atomic E-state index is 0.529. The van der Waals surface area contributed by atoms with E-state index in [1.165, 1.54) is 31.8 Å². The third-order valence-corrected chi connectivity index (χ3v) is 6.12. The molecule has 0 N–H and O–H groups in total. The minimum atomic E-state index is 0.529. The van der Waals surface area contributed by atoms with Crippen LogP contribution in [0, 0.1) is 0 Å². The number of rotatable bonds is 5. The fourth-order valence-electron chi connectivity index (χ4n) is 3.95. The Hall–Kier alpha value is -1.47. The first-order valence-corrected chi connectivity index (χ1v) is 10.0. The van der Waals surface area contributed by atoms with Gasteiger partial charge in [0, 0.05) is 37.1 Å². The number of hydrogen-bond acceptors (Lipinski definition) is 6. The van der Waals surface area contributed by atoms with Gasteiger partial charge in [-0.1, -0.05) is 0 Å². The van der Waals surface area contributed by atoms with Crippen molar-refractivity contribution in [1.29, 1.82) is 0 Å². The summed E-state index contributed by atoms with van der Waals surface area (Å²) < 4.78 is 2.36. The molecule has 0 radical (unpaired) electrons. The SMILES string of the molecule is CCn1c(CN2CCCC2)nnc1C1CCN(c2nccs2)CC1. The van der Waals surface area contributed by atoms with Crippen molar-refractivity contribution in [1.82, 2.24) is 24.6 Å². The van der Waals surface area contributed by atoms with Crippen LogP contribution in [0.2, 0.25) is 0 Å². The zero-order valence-corrected chi connectivity index (χ0v) is 15.2. The van der Waals surface area contributed by atoms with Crippen molar-refractivity contribution in [2.24, 2.45) is 0 Å². The highest BCUT2D eigenvalue weighted by Gasteiger charge is 2.27. The summed E-state index contributed by atoms with van der Waals surface area (Å²) in [6, 6.07) is 0. The van der Waals surface area contributed by atoms with Crippen molar-refractivity contribution in [3.05, 3.63) is 23.2 Å². The molecule has 2 fully saturated rings. The molecule has 24 heavy (non-hydrogen) atoms. The quantitative estimate of drug-likeness (QED) is 0.833. The zero-order valence-electron chi connectivity index (χ0n) is 14.4. The molecule has 4 rings (SSSR count). The van der Waals surface area contributed by atoms with Crippen LogP contribution in [0.4, 0.5) is 5.13 Å². The Labute approximate surface area is 147 Å². The molecule has 0 unspecified atom stereocenters. The Morgan fingerprint density at radius 2 is 1.92 bits per heavy atom. The summed E-state index contributed by atoms with van der Waals surface area (Å²) >= 11 is 1.73. The van der Waals surface area contributed by atoms with Gasteiger partial charge in [0.1, 0.15) is 11.6 Å². The van der Waals surface area contributed by atoms with E-state index in [-0.39, 0.29) is 0 Å². The molecule has 0 bridgehead atoms. The van der Waals surface area contributed by atoms with E-state index >= 15 is 0 Å². The third-order valence-electron chi connectivity index (χ3n) is 5.29. The molecule has 2 saturated heterocycles. The van der Waals surface area contributed by atoms with E-state index in [9.17, 15) is 0 Å². The van der Waals surface area contributed by atoms with Crippen LogP contribution in [0.25, 0.3) is 0 Å². The molecule has 0 spiro atoms. The number of likely N-dealkylation sites (tertiary alicyclic amines) is 1. The van der Waals surface area contributed by atoms with Gasteiger partial charge in [-0.15, -0.1) is 21.5 Å². The Morgan fingerprint density at radius 3 is 2.58 bits per heavy atom. The molecule has 7 heteroatoms. The average Bonchev–Trinajstić information content (AvgIpc) is 3.37. The Morgan fingerprint density at radius 1 is 1.12 bits per heavy atom. The molecule has 2 aromatic rings. The second-order valence-corrected chi connectivity index (χ2v) is 7.65. The summed E-state index contributed by atoms with van der Waals surface area (Å²) in [7, 11) is 0. The first-order valence-electron chi connectivity index (χ1n) is 9.14. The molecular weight excluding hydrogens is 320 g/mol. The van der Waals surface area contributed by atoms with Gasteiger partial charge in [-0.05, 0) is 45.7 Å². The van der Waals surface area contributed by atoms with Crippen molar-refractivity contribution in [3.63, 3.8) is 0 Å². The van der Waals surface area contributed by atoms with E-state index in [0.717, 1.165) is 50.0 Å². The van der Waals surface area contributed by atoms with Gasteiger partial charge in [0.25, 0.3) is 0 Å². The molecule has 0 aliphatic carbocycles. The molecular formula is C17H26N6S. The lowest BCUT2D eigenvalue weighted by molar-refractivity contribution is 0.315. The van der Waals surface area contributed by atoms with Gasteiger partial charge in [-0.2, -0.15) is 0 Å². The van der Waals surface area contributed by atoms with E-state index in [4.69, 9.17) is 0 Å². The lowest BCUT2D eigenvalue weighted by atomic mass is 9.96. The number of piperidine rings is 1. The van der Waals surface area contributed by atoms with Crippen LogP contribution >= 0.6 is 11.3 Å². The molecule has 0 amide bonds. The monoisotopic (exact) mass is 346 g/mol. The first-order chi connectivity index (χ1) is 11.8. The lowest BCUT2D eigenvalue weighted by Crippen LogP contribution is -2.33. The maximum absolute atomic E-state index is 4.60. The predicted molar refractivity (Wildman–Crippen MR) is 96.5 cm³/mol. The summed E-state index contributed by atoms with van der Waals surface area (Å²) in [6.45, 7) is 8.69. The molecule has 6 nitrogen and oxygen atoms in total. The smallest absolute Gasteiger partial charge is 0.185 e. The molecule has 130 valence electrons. The van der Waals surface area contributed by atoms with Gasteiger partial charge in [0.05, 0.1) is 6.54 Å². The summed E-state index contributed by atoms with van der Waals surface area (Å²) in [5.74, 6) is 2.88. The second kappa shape index (κ2) is 7.19. The predicted octanol–water partition coefficient (Wildman–Crippen LogP) is 2.73. The van der Waals surface area contributed by atoms with Gasteiger partial charge >= 0.3 is 0 Å².